The van der Waals surface area contributed by atoms with Crippen molar-refractivity contribution < 1.29 is 9.84 Å². The summed E-state index contributed by atoms with van der Waals surface area (Å²) in [6.45, 7) is 8.85. The van der Waals surface area contributed by atoms with Gasteiger partial charge in [-0.1, -0.05) is 6.07 Å². The smallest absolute Gasteiger partial charge is 0.122 e. The van der Waals surface area contributed by atoms with Gasteiger partial charge in [0.1, 0.15) is 12.4 Å². The molecule has 2 N–H and O–H groups in total. The van der Waals surface area contributed by atoms with E-state index in [1.165, 1.54) is 29.5 Å². The van der Waals surface area contributed by atoms with Gasteiger partial charge in [-0.2, -0.15) is 0 Å². The Balaban J connectivity index is 2.04. The predicted molar refractivity (Wildman–Crippen MR) is 77.8 cm³/mol. The lowest BCUT2D eigenvalue weighted by Crippen LogP contribution is -2.51. The number of aliphatic hydroxyl groups is 1. The Hall–Kier alpha value is -1.06. The molecule has 2 rings (SSSR count). The van der Waals surface area contributed by atoms with Crippen LogP contribution in [0.25, 0.3) is 0 Å². The summed E-state index contributed by atoms with van der Waals surface area (Å²) in [5.41, 5.74) is 3.28. The van der Waals surface area contributed by atoms with Gasteiger partial charge in [0, 0.05) is 6.04 Å². The lowest BCUT2D eigenvalue weighted by molar-refractivity contribution is 0.114. The van der Waals surface area contributed by atoms with Gasteiger partial charge in [-0.25, -0.2) is 0 Å². The van der Waals surface area contributed by atoms with Crippen LogP contribution in [0.2, 0.25) is 0 Å². The topological polar surface area (TPSA) is 41.5 Å². The second-order valence-electron chi connectivity index (χ2n) is 6.13. The molecule has 0 amide bonds. The summed E-state index contributed by atoms with van der Waals surface area (Å²) < 4.78 is 5.96. The second kappa shape index (κ2) is 5.51. The fourth-order valence-electron chi connectivity index (χ4n) is 2.24. The van der Waals surface area contributed by atoms with Crippen LogP contribution in [0, 0.1) is 20.8 Å². The zero-order chi connectivity index (χ0) is 14.0. The maximum Gasteiger partial charge on any atom is 0.122 e. The van der Waals surface area contributed by atoms with Gasteiger partial charge in [0.15, 0.2) is 0 Å². The molecule has 19 heavy (non-hydrogen) atoms. The molecular weight excluding hydrogens is 238 g/mol. The van der Waals surface area contributed by atoms with E-state index in [0.717, 1.165) is 5.75 Å². The fourth-order valence-corrected chi connectivity index (χ4v) is 2.24. The van der Waals surface area contributed by atoms with Crippen molar-refractivity contribution in [1.29, 1.82) is 0 Å². The van der Waals surface area contributed by atoms with Crippen molar-refractivity contribution in [3.63, 3.8) is 0 Å². The maximum atomic E-state index is 9.58. The highest BCUT2D eigenvalue weighted by atomic mass is 16.5. The molecule has 0 aliphatic heterocycles. The standard InChI is InChI=1S/C16H25NO2/c1-11-7-12(2)13(3)15(8-11)19-10-16(4,9-18)17-14-5-6-14/h7-8,14,17-18H,5-6,9-10H2,1-4H3. The van der Waals surface area contributed by atoms with E-state index in [1.54, 1.807) is 0 Å². The van der Waals surface area contributed by atoms with E-state index >= 15 is 0 Å². The molecule has 1 aromatic rings. The number of aryl methyl sites for hydroxylation is 2. The van der Waals surface area contributed by atoms with Crippen molar-refractivity contribution in [3.8, 4) is 5.75 Å². The van der Waals surface area contributed by atoms with Crippen LogP contribution in [0.4, 0.5) is 0 Å². The molecule has 1 fully saturated rings. The number of nitrogens with one attached hydrogen (secondary N) is 1. The average Bonchev–Trinajstić information content (AvgIpc) is 3.16. The number of hydrogen-bond donors (Lipinski definition) is 2. The Bertz CT molecular complexity index is 454. The van der Waals surface area contributed by atoms with Crippen LogP contribution < -0.4 is 10.1 Å². The van der Waals surface area contributed by atoms with Crippen LogP contribution in [0.5, 0.6) is 5.75 Å². The van der Waals surface area contributed by atoms with E-state index in [-0.39, 0.29) is 12.1 Å². The lowest BCUT2D eigenvalue weighted by atomic mass is 10.0. The normalized spacial score (nSPS) is 18.2. The molecule has 1 aliphatic carbocycles. The van der Waals surface area contributed by atoms with E-state index < -0.39 is 0 Å². The summed E-state index contributed by atoms with van der Waals surface area (Å²) in [4.78, 5) is 0. The molecule has 0 heterocycles. The fraction of sp³-hybridized carbons (Fsp3) is 0.625. The molecule has 106 valence electrons. The maximum absolute atomic E-state index is 9.58. The minimum atomic E-state index is -0.356. The summed E-state index contributed by atoms with van der Waals surface area (Å²) in [6, 6.07) is 4.79. The molecule has 0 aromatic heterocycles. The van der Waals surface area contributed by atoms with Crippen LogP contribution in [-0.2, 0) is 0 Å². The Kier molecular flexibility index (Phi) is 4.16. The summed E-state index contributed by atoms with van der Waals surface area (Å²) in [5.74, 6) is 0.926. The molecule has 1 saturated carbocycles. The third-order valence-electron chi connectivity index (χ3n) is 3.79. The number of aliphatic hydroxyl groups excluding tert-OH is 1. The molecule has 0 spiro atoms. The molecule has 1 atom stereocenters. The van der Waals surface area contributed by atoms with Gasteiger partial charge >= 0.3 is 0 Å². The Morgan fingerprint density at radius 1 is 1.32 bits per heavy atom. The van der Waals surface area contributed by atoms with Crippen molar-refractivity contribution in [3.05, 3.63) is 28.8 Å². The van der Waals surface area contributed by atoms with Crippen LogP contribution >= 0.6 is 0 Å². The summed E-state index contributed by atoms with van der Waals surface area (Å²) >= 11 is 0. The first-order chi connectivity index (χ1) is 8.93. The largest absolute Gasteiger partial charge is 0.491 e. The zero-order valence-electron chi connectivity index (χ0n) is 12.4. The Morgan fingerprint density at radius 2 is 2.00 bits per heavy atom. The quantitative estimate of drug-likeness (QED) is 0.828. The summed E-state index contributed by atoms with van der Waals surface area (Å²) in [7, 11) is 0. The lowest BCUT2D eigenvalue weighted by Gasteiger charge is -2.29. The van der Waals surface area contributed by atoms with E-state index in [9.17, 15) is 5.11 Å². The van der Waals surface area contributed by atoms with Gasteiger partial charge in [-0.05, 0) is 63.3 Å². The van der Waals surface area contributed by atoms with Crippen molar-refractivity contribution in [2.45, 2.75) is 52.1 Å². The molecule has 0 saturated heterocycles. The van der Waals surface area contributed by atoms with Crippen LogP contribution in [0.3, 0.4) is 0 Å². The molecule has 1 unspecified atom stereocenters. The summed E-state index contributed by atoms with van der Waals surface area (Å²) in [5, 5.41) is 13.0. The molecular formula is C16H25NO2. The van der Waals surface area contributed by atoms with Crippen molar-refractivity contribution in [2.75, 3.05) is 13.2 Å². The van der Waals surface area contributed by atoms with Crippen LogP contribution in [0.1, 0.15) is 36.5 Å². The number of hydrogen-bond acceptors (Lipinski definition) is 3. The van der Waals surface area contributed by atoms with Crippen LogP contribution in [0.15, 0.2) is 12.1 Å². The van der Waals surface area contributed by atoms with Gasteiger partial charge in [-0.3, -0.25) is 0 Å². The number of benzene rings is 1. The SMILES string of the molecule is Cc1cc(C)c(C)c(OCC(C)(CO)NC2CC2)c1. The molecule has 1 aliphatic rings. The Labute approximate surface area is 116 Å². The highest BCUT2D eigenvalue weighted by Crippen LogP contribution is 2.26. The van der Waals surface area contributed by atoms with E-state index in [2.05, 4.69) is 38.2 Å². The first-order valence-electron chi connectivity index (χ1n) is 7.03. The minimum absolute atomic E-state index is 0.0906. The molecule has 3 heteroatoms. The van der Waals surface area contributed by atoms with E-state index in [4.69, 9.17) is 4.74 Å². The van der Waals surface area contributed by atoms with E-state index in [1.807, 2.05) is 6.92 Å². The predicted octanol–water partition coefficient (Wildman–Crippen LogP) is 2.49. The van der Waals surface area contributed by atoms with Gasteiger partial charge in [-0.15, -0.1) is 0 Å². The molecule has 3 nitrogen and oxygen atoms in total. The number of rotatable bonds is 6. The Morgan fingerprint density at radius 3 is 2.58 bits per heavy atom. The number of ether oxygens (including phenoxy) is 1. The third kappa shape index (κ3) is 3.71. The van der Waals surface area contributed by atoms with Gasteiger partial charge in [0.25, 0.3) is 0 Å². The van der Waals surface area contributed by atoms with E-state index in [0.29, 0.717) is 12.6 Å². The summed E-state index contributed by atoms with van der Waals surface area (Å²) in [6.07, 6.45) is 2.41. The third-order valence-corrected chi connectivity index (χ3v) is 3.79. The monoisotopic (exact) mass is 263 g/mol. The van der Waals surface area contributed by atoms with Gasteiger partial charge in [0.2, 0.25) is 0 Å². The van der Waals surface area contributed by atoms with Crippen molar-refractivity contribution >= 4 is 0 Å². The first-order valence-corrected chi connectivity index (χ1v) is 7.03. The molecule has 0 bridgehead atoms. The highest BCUT2D eigenvalue weighted by molar-refractivity contribution is 5.42. The van der Waals surface area contributed by atoms with Crippen LogP contribution in [-0.4, -0.2) is 29.9 Å². The first kappa shape index (κ1) is 14.4. The average molecular weight is 263 g/mol. The zero-order valence-corrected chi connectivity index (χ0v) is 12.4. The molecule has 1 aromatic carbocycles. The molecule has 0 radical (unpaired) electrons. The second-order valence-corrected chi connectivity index (χ2v) is 6.13. The van der Waals surface area contributed by atoms with Crippen molar-refractivity contribution in [2.24, 2.45) is 0 Å². The van der Waals surface area contributed by atoms with Gasteiger partial charge < -0.3 is 15.2 Å². The minimum Gasteiger partial charge on any atom is -0.491 e. The van der Waals surface area contributed by atoms with Gasteiger partial charge in [0.05, 0.1) is 12.1 Å². The highest BCUT2D eigenvalue weighted by Gasteiger charge is 2.32. The van der Waals surface area contributed by atoms with Crippen molar-refractivity contribution in [1.82, 2.24) is 5.32 Å².